The first kappa shape index (κ1) is 24.5. The van der Waals surface area contributed by atoms with Gasteiger partial charge in [-0.3, -0.25) is 9.10 Å². The van der Waals surface area contributed by atoms with Gasteiger partial charge in [0.1, 0.15) is 12.3 Å². The molecule has 3 rings (SSSR count). The molecule has 0 bridgehead atoms. The van der Waals surface area contributed by atoms with Crippen LogP contribution in [0.15, 0.2) is 57.9 Å². The molecule has 1 heterocycles. The van der Waals surface area contributed by atoms with Crippen molar-refractivity contribution in [3.05, 3.63) is 53.0 Å². The first-order valence-electron chi connectivity index (χ1n) is 11.0. The van der Waals surface area contributed by atoms with Gasteiger partial charge < -0.3 is 15.0 Å². The molecule has 2 N–H and O–H groups in total. The standard InChI is InChI=1S/C23H30BrN3O4S/c1-2-31-21-10-8-20(9-11-21)27(32(29,30)22-12-6-19(24)7-13-22)18-23(28)25-14-5-17-26-15-3-4-16-26/h6-13H,2-5,14-18H2,1H3,(H,25,28)/p+1. The third-order valence-corrected chi connectivity index (χ3v) is 7.78. The molecule has 1 aliphatic heterocycles. The van der Waals surface area contributed by atoms with Crippen molar-refractivity contribution in [2.75, 3.05) is 43.6 Å². The topological polar surface area (TPSA) is 80.2 Å². The van der Waals surface area contributed by atoms with Gasteiger partial charge >= 0.3 is 0 Å². The SMILES string of the molecule is CCOc1ccc(N(CC(=O)NCCC[NH+]2CCCC2)S(=O)(=O)c2ccc(Br)cc2)cc1. The highest BCUT2D eigenvalue weighted by atomic mass is 79.9. The summed E-state index contributed by atoms with van der Waals surface area (Å²) in [6, 6.07) is 13.1. The number of carbonyl (C=O) groups excluding carboxylic acids is 1. The molecule has 1 aliphatic rings. The number of sulfonamides is 1. The molecule has 0 atom stereocenters. The second kappa shape index (κ2) is 11.7. The fourth-order valence-corrected chi connectivity index (χ4v) is 5.49. The fourth-order valence-electron chi connectivity index (χ4n) is 3.80. The molecule has 7 nitrogen and oxygen atoms in total. The molecular formula is C23H31BrN3O4S+. The number of likely N-dealkylation sites (tertiary alicyclic amines) is 1. The number of amides is 1. The van der Waals surface area contributed by atoms with E-state index in [1.54, 1.807) is 41.3 Å². The summed E-state index contributed by atoms with van der Waals surface area (Å²) in [6.07, 6.45) is 3.42. The van der Waals surface area contributed by atoms with Crippen LogP contribution in [0.25, 0.3) is 0 Å². The largest absolute Gasteiger partial charge is 0.494 e. The number of halogens is 1. The minimum Gasteiger partial charge on any atom is -0.494 e. The summed E-state index contributed by atoms with van der Waals surface area (Å²) in [5.74, 6) is 0.321. The predicted octanol–water partition coefficient (Wildman–Crippen LogP) is 2.23. The Hall–Kier alpha value is -2.10. The van der Waals surface area contributed by atoms with E-state index in [4.69, 9.17) is 4.74 Å². The number of nitrogens with one attached hydrogen (secondary N) is 2. The minimum atomic E-state index is -3.93. The van der Waals surface area contributed by atoms with Crippen molar-refractivity contribution >= 4 is 37.5 Å². The van der Waals surface area contributed by atoms with Crippen LogP contribution in [0.5, 0.6) is 5.75 Å². The van der Waals surface area contributed by atoms with E-state index in [0.29, 0.717) is 24.6 Å². The Balaban J connectivity index is 1.72. The van der Waals surface area contributed by atoms with Gasteiger partial charge in [0, 0.05) is 30.3 Å². The van der Waals surface area contributed by atoms with E-state index in [9.17, 15) is 13.2 Å². The first-order chi connectivity index (χ1) is 15.4. The quantitative estimate of drug-likeness (QED) is 0.441. The molecule has 0 aromatic heterocycles. The smallest absolute Gasteiger partial charge is 0.264 e. The zero-order valence-electron chi connectivity index (χ0n) is 18.3. The maximum atomic E-state index is 13.4. The van der Waals surface area contributed by atoms with E-state index in [-0.39, 0.29) is 17.3 Å². The molecule has 0 unspecified atom stereocenters. The Bertz CT molecular complexity index is 975. The summed E-state index contributed by atoms with van der Waals surface area (Å²) < 4.78 is 34.2. The lowest BCUT2D eigenvalue weighted by molar-refractivity contribution is -0.887. The predicted molar refractivity (Wildman–Crippen MR) is 129 cm³/mol. The summed E-state index contributed by atoms with van der Waals surface area (Å²) >= 11 is 3.33. The van der Waals surface area contributed by atoms with Gasteiger partial charge in [0.25, 0.3) is 10.0 Å². The van der Waals surface area contributed by atoms with Crippen LogP contribution in [-0.2, 0) is 14.8 Å². The fraction of sp³-hybridized carbons (Fsp3) is 0.435. The summed E-state index contributed by atoms with van der Waals surface area (Å²) in [6.45, 7) is 6.08. The van der Waals surface area contributed by atoms with E-state index in [0.717, 1.165) is 21.7 Å². The summed E-state index contributed by atoms with van der Waals surface area (Å²) in [5.41, 5.74) is 0.410. The number of rotatable bonds is 11. The van der Waals surface area contributed by atoms with Gasteiger partial charge in [0.2, 0.25) is 5.91 Å². The van der Waals surface area contributed by atoms with Gasteiger partial charge in [-0.15, -0.1) is 0 Å². The van der Waals surface area contributed by atoms with Crippen LogP contribution in [0.4, 0.5) is 5.69 Å². The number of hydrogen-bond donors (Lipinski definition) is 2. The lowest BCUT2D eigenvalue weighted by Gasteiger charge is -2.24. The second-order valence-electron chi connectivity index (χ2n) is 7.80. The van der Waals surface area contributed by atoms with Crippen LogP contribution < -0.4 is 19.3 Å². The van der Waals surface area contributed by atoms with Crippen LogP contribution >= 0.6 is 15.9 Å². The highest BCUT2D eigenvalue weighted by Crippen LogP contribution is 2.26. The van der Waals surface area contributed by atoms with Crippen molar-refractivity contribution < 1.29 is 22.8 Å². The average Bonchev–Trinajstić information content (AvgIpc) is 3.30. The molecule has 2 aromatic carbocycles. The minimum absolute atomic E-state index is 0.125. The highest BCUT2D eigenvalue weighted by Gasteiger charge is 2.27. The van der Waals surface area contributed by atoms with Gasteiger partial charge in [-0.2, -0.15) is 0 Å². The lowest BCUT2D eigenvalue weighted by Crippen LogP contribution is -3.10. The molecule has 2 aromatic rings. The molecular weight excluding hydrogens is 494 g/mol. The van der Waals surface area contributed by atoms with E-state index in [1.807, 2.05) is 6.92 Å². The lowest BCUT2D eigenvalue weighted by atomic mass is 10.3. The number of quaternary nitrogens is 1. The van der Waals surface area contributed by atoms with E-state index >= 15 is 0 Å². The highest BCUT2D eigenvalue weighted by molar-refractivity contribution is 9.10. The molecule has 174 valence electrons. The number of ether oxygens (including phenoxy) is 1. The van der Waals surface area contributed by atoms with E-state index in [2.05, 4.69) is 21.2 Å². The summed E-state index contributed by atoms with van der Waals surface area (Å²) in [7, 11) is -3.93. The van der Waals surface area contributed by atoms with E-state index < -0.39 is 10.0 Å². The van der Waals surface area contributed by atoms with Crippen LogP contribution in [-0.4, -0.2) is 53.7 Å². The Morgan fingerprint density at radius 3 is 2.38 bits per heavy atom. The average molecular weight is 525 g/mol. The third-order valence-electron chi connectivity index (χ3n) is 5.46. The van der Waals surface area contributed by atoms with Crippen molar-refractivity contribution in [2.24, 2.45) is 0 Å². The van der Waals surface area contributed by atoms with Gasteiger partial charge in [-0.1, -0.05) is 15.9 Å². The molecule has 32 heavy (non-hydrogen) atoms. The van der Waals surface area contributed by atoms with Crippen molar-refractivity contribution in [3.8, 4) is 5.75 Å². The van der Waals surface area contributed by atoms with Gasteiger partial charge in [-0.25, -0.2) is 8.42 Å². The monoisotopic (exact) mass is 524 g/mol. The van der Waals surface area contributed by atoms with Crippen LogP contribution in [0.3, 0.4) is 0 Å². The van der Waals surface area contributed by atoms with Crippen LogP contribution in [0, 0.1) is 0 Å². The number of anilines is 1. The van der Waals surface area contributed by atoms with Crippen molar-refractivity contribution in [1.29, 1.82) is 0 Å². The number of benzene rings is 2. The Kier molecular flexibility index (Phi) is 8.95. The maximum absolute atomic E-state index is 13.4. The van der Waals surface area contributed by atoms with Crippen molar-refractivity contribution in [2.45, 2.75) is 31.1 Å². The van der Waals surface area contributed by atoms with Crippen molar-refractivity contribution in [3.63, 3.8) is 0 Å². The Labute approximate surface area is 198 Å². The summed E-state index contributed by atoms with van der Waals surface area (Å²) in [4.78, 5) is 14.4. The molecule has 0 spiro atoms. The molecule has 1 fully saturated rings. The molecule has 9 heteroatoms. The summed E-state index contributed by atoms with van der Waals surface area (Å²) in [5, 5.41) is 2.88. The molecule has 1 saturated heterocycles. The molecule has 0 saturated carbocycles. The number of carbonyl (C=O) groups is 1. The zero-order valence-corrected chi connectivity index (χ0v) is 20.8. The van der Waals surface area contributed by atoms with Gasteiger partial charge in [-0.05, 0) is 55.5 Å². The third kappa shape index (κ3) is 6.70. The molecule has 0 aliphatic carbocycles. The molecule has 1 amide bonds. The van der Waals surface area contributed by atoms with Gasteiger partial charge in [0.05, 0.1) is 36.8 Å². The Morgan fingerprint density at radius 1 is 1.09 bits per heavy atom. The zero-order chi connectivity index (χ0) is 23.0. The molecule has 0 radical (unpaired) electrons. The van der Waals surface area contributed by atoms with Crippen LogP contribution in [0.1, 0.15) is 26.2 Å². The number of nitrogens with zero attached hydrogens (tertiary/aromatic N) is 1. The second-order valence-corrected chi connectivity index (χ2v) is 10.6. The van der Waals surface area contributed by atoms with E-state index in [1.165, 1.54) is 38.1 Å². The Morgan fingerprint density at radius 2 is 1.75 bits per heavy atom. The normalized spacial score (nSPS) is 14.3. The maximum Gasteiger partial charge on any atom is 0.264 e. The van der Waals surface area contributed by atoms with Gasteiger partial charge in [0.15, 0.2) is 0 Å². The number of hydrogen-bond acceptors (Lipinski definition) is 4. The first-order valence-corrected chi connectivity index (χ1v) is 13.2. The van der Waals surface area contributed by atoms with Crippen molar-refractivity contribution in [1.82, 2.24) is 5.32 Å². The van der Waals surface area contributed by atoms with Crippen LogP contribution in [0.2, 0.25) is 0 Å².